The number of aromatic nitrogens is 1. The fraction of sp³-hybridized carbons (Fsp3) is 0.300. The zero-order chi connectivity index (χ0) is 17.1. The molecule has 1 aromatic carbocycles. The summed E-state index contributed by atoms with van der Waals surface area (Å²) in [5, 5.41) is 3.05. The Balaban J connectivity index is 1.82. The number of aliphatic imine (C=N–C) groups is 1. The molecule has 1 heterocycles. The molecule has 4 nitrogen and oxygen atoms in total. The van der Waals surface area contributed by atoms with Gasteiger partial charge in [-0.1, -0.05) is 36.9 Å². The third-order valence-corrected chi connectivity index (χ3v) is 4.38. The van der Waals surface area contributed by atoms with Crippen molar-refractivity contribution in [3.8, 4) is 0 Å². The lowest BCUT2D eigenvalue weighted by molar-refractivity contribution is 0.0940. The quantitative estimate of drug-likeness (QED) is 0.757. The van der Waals surface area contributed by atoms with E-state index in [-0.39, 0.29) is 11.9 Å². The predicted molar refractivity (Wildman–Crippen MR) is 97.9 cm³/mol. The molecule has 0 radical (unpaired) electrons. The summed E-state index contributed by atoms with van der Waals surface area (Å²) in [7, 11) is 0. The normalized spacial score (nSPS) is 15.8. The second-order valence-corrected chi connectivity index (χ2v) is 6.30. The Labute approximate surface area is 142 Å². The molecule has 0 saturated heterocycles. The largest absolute Gasteiger partial charge is 0.363 e. The Bertz CT molecular complexity index is 769. The first kappa shape index (κ1) is 16.2. The number of carbonyl (C=O) groups excluding carboxylic acids is 1. The lowest BCUT2D eigenvalue weighted by Gasteiger charge is -2.14. The summed E-state index contributed by atoms with van der Waals surface area (Å²) in [4.78, 5) is 20.5. The number of rotatable bonds is 6. The van der Waals surface area contributed by atoms with Crippen molar-refractivity contribution in [2.45, 2.75) is 32.7 Å². The summed E-state index contributed by atoms with van der Waals surface area (Å²) in [6, 6.07) is 9.87. The molecule has 0 aliphatic heterocycles. The number of nitrogens with zero attached hydrogens (tertiary/aromatic N) is 1. The highest BCUT2D eigenvalue weighted by molar-refractivity contribution is 6.04. The van der Waals surface area contributed by atoms with Crippen LogP contribution in [0.25, 0.3) is 0 Å². The molecule has 2 aromatic rings. The van der Waals surface area contributed by atoms with E-state index in [1.807, 2.05) is 44.2 Å². The van der Waals surface area contributed by atoms with Crippen molar-refractivity contribution in [3.05, 3.63) is 66.0 Å². The van der Waals surface area contributed by atoms with Gasteiger partial charge in [-0.05, 0) is 38.3 Å². The SMILES string of the molecule is C=C/C(=N\c1c(C(=O)N[C@@H](C)c2ccccc2)c[nH]c1C)C1CC1. The maximum atomic E-state index is 12.7. The second kappa shape index (κ2) is 6.87. The summed E-state index contributed by atoms with van der Waals surface area (Å²) < 4.78 is 0. The van der Waals surface area contributed by atoms with Crippen LogP contribution >= 0.6 is 0 Å². The highest BCUT2D eigenvalue weighted by Gasteiger charge is 2.27. The molecule has 3 rings (SSSR count). The van der Waals surface area contributed by atoms with E-state index < -0.39 is 0 Å². The van der Waals surface area contributed by atoms with E-state index in [1.165, 1.54) is 0 Å². The summed E-state index contributed by atoms with van der Waals surface area (Å²) in [6.45, 7) is 7.77. The maximum Gasteiger partial charge on any atom is 0.255 e. The van der Waals surface area contributed by atoms with E-state index in [1.54, 1.807) is 12.3 Å². The van der Waals surface area contributed by atoms with Gasteiger partial charge in [-0.3, -0.25) is 9.79 Å². The molecule has 0 spiro atoms. The van der Waals surface area contributed by atoms with Gasteiger partial charge in [-0.15, -0.1) is 0 Å². The van der Waals surface area contributed by atoms with Crippen LogP contribution in [0.1, 0.15) is 47.4 Å². The molecule has 1 amide bonds. The molecule has 4 heteroatoms. The fourth-order valence-electron chi connectivity index (χ4n) is 2.75. The molecule has 124 valence electrons. The number of carbonyl (C=O) groups is 1. The zero-order valence-electron chi connectivity index (χ0n) is 14.2. The van der Waals surface area contributed by atoms with E-state index in [4.69, 9.17) is 4.99 Å². The summed E-state index contributed by atoms with van der Waals surface area (Å²) in [5.41, 5.74) is 4.24. The molecule has 1 atom stereocenters. The number of hydrogen-bond acceptors (Lipinski definition) is 2. The van der Waals surface area contributed by atoms with Crippen molar-refractivity contribution >= 4 is 17.3 Å². The first-order valence-electron chi connectivity index (χ1n) is 8.35. The van der Waals surface area contributed by atoms with Crippen LogP contribution in [0, 0.1) is 12.8 Å². The number of benzene rings is 1. The van der Waals surface area contributed by atoms with Gasteiger partial charge in [0.2, 0.25) is 0 Å². The molecule has 1 aromatic heterocycles. The first-order valence-corrected chi connectivity index (χ1v) is 8.35. The van der Waals surface area contributed by atoms with E-state index in [2.05, 4.69) is 16.9 Å². The molecule has 0 unspecified atom stereocenters. The Morgan fingerprint density at radius 2 is 2.08 bits per heavy atom. The number of hydrogen-bond donors (Lipinski definition) is 2. The van der Waals surface area contributed by atoms with Crippen molar-refractivity contribution in [1.82, 2.24) is 10.3 Å². The first-order chi connectivity index (χ1) is 11.6. The number of nitrogens with one attached hydrogen (secondary N) is 2. The van der Waals surface area contributed by atoms with Crippen molar-refractivity contribution in [2.24, 2.45) is 10.9 Å². The molecule has 1 aliphatic carbocycles. The molecule has 24 heavy (non-hydrogen) atoms. The minimum Gasteiger partial charge on any atom is -0.363 e. The van der Waals surface area contributed by atoms with Crippen LogP contribution < -0.4 is 5.32 Å². The fourth-order valence-corrected chi connectivity index (χ4v) is 2.75. The van der Waals surface area contributed by atoms with Crippen LogP contribution in [0.4, 0.5) is 5.69 Å². The van der Waals surface area contributed by atoms with Crippen molar-refractivity contribution < 1.29 is 4.79 Å². The van der Waals surface area contributed by atoms with E-state index >= 15 is 0 Å². The van der Waals surface area contributed by atoms with Gasteiger partial charge in [0.1, 0.15) is 0 Å². The van der Waals surface area contributed by atoms with E-state index in [0.29, 0.717) is 11.5 Å². The molecule has 2 N–H and O–H groups in total. The number of H-pyrrole nitrogens is 1. The van der Waals surface area contributed by atoms with Gasteiger partial charge in [0.05, 0.1) is 17.3 Å². The summed E-state index contributed by atoms with van der Waals surface area (Å²) in [5.74, 6) is 0.379. The van der Waals surface area contributed by atoms with Gasteiger partial charge in [-0.2, -0.15) is 0 Å². The molecule has 1 saturated carbocycles. The number of allylic oxidation sites excluding steroid dienone is 1. The predicted octanol–water partition coefficient (Wildman–Crippen LogP) is 4.48. The topological polar surface area (TPSA) is 57.2 Å². The van der Waals surface area contributed by atoms with Crippen molar-refractivity contribution in [1.29, 1.82) is 0 Å². The number of amides is 1. The average Bonchev–Trinajstić information content (AvgIpc) is 3.37. The zero-order valence-corrected chi connectivity index (χ0v) is 14.2. The molecule has 1 aliphatic rings. The van der Waals surface area contributed by atoms with E-state index in [0.717, 1.165) is 35.5 Å². The molecule has 1 fully saturated rings. The van der Waals surface area contributed by atoms with Crippen molar-refractivity contribution in [3.63, 3.8) is 0 Å². The highest BCUT2D eigenvalue weighted by atomic mass is 16.1. The molecular formula is C20H23N3O. The molecular weight excluding hydrogens is 298 g/mol. The van der Waals surface area contributed by atoms with E-state index in [9.17, 15) is 4.79 Å². The monoisotopic (exact) mass is 321 g/mol. The lowest BCUT2D eigenvalue weighted by atomic mass is 10.1. The van der Waals surface area contributed by atoms with Crippen LogP contribution in [-0.4, -0.2) is 16.6 Å². The van der Waals surface area contributed by atoms with Gasteiger partial charge in [0, 0.05) is 23.5 Å². The van der Waals surface area contributed by atoms with Crippen LogP contribution in [0.5, 0.6) is 0 Å². The molecule has 0 bridgehead atoms. The number of aromatic amines is 1. The maximum absolute atomic E-state index is 12.7. The Hall–Kier alpha value is -2.62. The second-order valence-electron chi connectivity index (χ2n) is 6.30. The van der Waals surface area contributed by atoms with Crippen molar-refractivity contribution in [2.75, 3.05) is 0 Å². The van der Waals surface area contributed by atoms with Gasteiger partial charge in [0.15, 0.2) is 0 Å². The Morgan fingerprint density at radius 1 is 1.38 bits per heavy atom. The summed E-state index contributed by atoms with van der Waals surface area (Å²) in [6.07, 6.45) is 5.84. The van der Waals surface area contributed by atoms with Crippen LogP contribution in [-0.2, 0) is 0 Å². The summed E-state index contributed by atoms with van der Waals surface area (Å²) >= 11 is 0. The lowest BCUT2D eigenvalue weighted by Crippen LogP contribution is -2.26. The van der Waals surface area contributed by atoms with Gasteiger partial charge in [-0.25, -0.2) is 0 Å². The Morgan fingerprint density at radius 3 is 2.71 bits per heavy atom. The Kier molecular flexibility index (Phi) is 4.65. The number of aryl methyl sites for hydroxylation is 1. The van der Waals surface area contributed by atoms with Gasteiger partial charge < -0.3 is 10.3 Å². The highest BCUT2D eigenvalue weighted by Crippen LogP contribution is 2.34. The van der Waals surface area contributed by atoms with Gasteiger partial charge >= 0.3 is 0 Å². The average molecular weight is 321 g/mol. The van der Waals surface area contributed by atoms with Crippen LogP contribution in [0.3, 0.4) is 0 Å². The van der Waals surface area contributed by atoms with Crippen LogP contribution in [0.2, 0.25) is 0 Å². The minimum atomic E-state index is -0.117. The van der Waals surface area contributed by atoms with Crippen LogP contribution in [0.15, 0.2) is 54.2 Å². The third-order valence-electron chi connectivity index (χ3n) is 4.38. The third kappa shape index (κ3) is 3.48. The minimum absolute atomic E-state index is 0.0620. The standard InChI is InChI=1S/C20H23N3O/c1-4-18(16-10-11-16)23-19-14(3)21-12-17(19)20(24)22-13(2)15-8-6-5-7-9-15/h4-9,12-13,16,21H,1,10-11H2,2-3H3,(H,22,24)/b23-18+/t13-/m0/s1. The smallest absolute Gasteiger partial charge is 0.255 e. The van der Waals surface area contributed by atoms with Gasteiger partial charge in [0.25, 0.3) is 5.91 Å².